The molecule has 0 unspecified atom stereocenters. The zero-order valence-electron chi connectivity index (χ0n) is 10.0. The van der Waals surface area contributed by atoms with Crippen LogP contribution >= 0.6 is 43.2 Å². The molecule has 1 aromatic heterocycles. The summed E-state index contributed by atoms with van der Waals surface area (Å²) in [5.41, 5.74) is 0.349. The fourth-order valence-electron chi connectivity index (χ4n) is 1.43. The van der Waals surface area contributed by atoms with Gasteiger partial charge in [-0.15, -0.1) is 24.5 Å². The molecular formula is C12H6Br2F3NO2S. The van der Waals surface area contributed by atoms with Gasteiger partial charge in [0.1, 0.15) is 10.6 Å². The van der Waals surface area contributed by atoms with Crippen LogP contribution in [0.2, 0.25) is 0 Å². The fraction of sp³-hybridized carbons (Fsp3) is 0.0833. The minimum atomic E-state index is -4.77. The molecular weight excluding hydrogens is 439 g/mol. The maximum Gasteiger partial charge on any atom is 0.573 e. The van der Waals surface area contributed by atoms with Crippen LogP contribution in [0.3, 0.4) is 0 Å². The Balaban J connectivity index is 2.14. The Labute approximate surface area is 138 Å². The van der Waals surface area contributed by atoms with E-state index in [1.807, 2.05) is 0 Å². The van der Waals surface area contributed by atoms with Crippen molar-refractivity contribution in [3.63, 3.8) is 0 Å². The van der Waals surface area contributed by atoms with Crippen LogP contribution in [0.25, 0.3) is 0 Å². The number of rotatable bonds is 3. The Morgan fingerprint density at radius 1 is 1.19 bits per heavy atom. The van der Waals surface area contributed by atoms with Crippen LogP contribution < -0.4 is 10.1 Å². The van der Waals surface area contributed by atoms with Gasteiger partial charge < -0.3 is 10.1 Å². The lowest BCUT2D eigenvalue weighted by molar-refractivity contribution is -0.274. The number of halogens is 5. The van der Waals surface area contributed by atoms with E-state index < -0.39 is 6.36 Å². The molecule has 0 aliphatic heterocycles. The van der Waals surface area contributed by atoms with Crippen molar-refractivity contribution < 1.29 is 22.7 Å². The summed E-state index contributed by atoms with van der Waals surface area (Å²) in [6, 6.07) is 5.51. The van der Waals surface area contributed by atoms with Crippen molar-refractivity contribution >= 4 is 54.8 Å². The molecule has 0 saturated carbocycles. The van der Waals surface area contributed by atoms with E-state index in [1.165, 1.54) is 23.5 Å². The van der Waals surface area contributed by atoms with Crippen LogP contribution in [0.15, 0.2) is 38.6 Å². The molecule has 2 aromatic rings. The lowest BCUT2D eigenvalue weighted by atomic mass is 10.3. The van der Waals surface area contributed by atoms with Crippen LogP contribution in [0.4, 0.5) is 18.9 Å². The highest BCUT2D eigenvalue weighted by Crippen LogP contribution is 2.33. The first-order chi connectivity index (χ1) is 9.76. The molecule has 1 heterocycles. The van der Waals surface area contributed by atoms with E-state index in [1.54, 1.807) is 11.4 Å². The summed E-state index contributed by atoms with van der Waals surface area (Å²) in [5, 5.41) is 4.34. The molecule has 0 spiro atoms. The van der Waals surface area contributed by atoms with E-state index >= 15 is 0 Å². The highest BCUT2D eigenvalue weighted by atomic mass is 79.9. The zero-order valence-corrected chi connectivity index (χ0v) is 14.0. The SMILES string of the molecule is O=C(Nc1ccc(OC(F)(F)F)c(Br)c1)c1sccc1Br. The summed E-state index contributed by atoms with van der Waals surface area (Å²) < 4.78 is 41.0. The fourth-order valence-corrected chi connectivity index (χ4v) is 3.34. The van der Waals surface area contributed by atoms with Gasteiger partial charge in [0.25, 0.3) is 5.91 Å². The molecule has 1 N–H and O–H groups in total. The van der Waals surface area contributed by atoms with Crippen molar-refractivity contribution in [2.24, 2.45) is 0 Å². The Hall–Kier alpha value is -1.06. The largest absolute Gasteiger partial charge is 0.573 e. The Kier molecular flexibility index (Phi) is 4.95. The van der Waals surface area contributed by atoms with Gasteiger partial charge in [0.15, 0.2) is 0 Å². The van der Waals surface area contributed by atoms with Gasteiger partial charge in [-0.2, -0.15) is 0 Å². The number of nitrogens with one attached hydrogen (secondary N) is 1. The standard InChI is InChI=1S/C12H6Br2F3NO2S/c13-7-3-4-21-10(7)11(19)18-6-1-2-9(8(14)5-6)20-12(15,16)17/h1-5H,(H,18,19). The van der Waals surface area contributed by atoms with Gasteiger partial charge in [0.05, 0.1) is 4.47 Å². The first-order valence-corrected chi connectivity index (χ1v) is 7.82. The molecule has 2 rings (SSSR count). The second-order valence-corrected chi connectivity index (χ2v) is 6.37. The molecule has 9 heteroatoms. The Morgan fingerprint density at radius 2 is 1.90 bits per heavy atom. The predicted octanol–water partition coefficient (Wildman–Crippen LogP) is 5.42. The zero-order chi connectivity index (χ0) is 15.6. The first kappa shape index (κ1) is 16.3. The number of ether oxygens (including phenoxy) is 1. The first-order valence-electron chi connectivity index (χ1n) is 5.36. The van der Waals surface area contributed by atoms with Crippen LogP contribution in [-0.4, -0.2) is 12.3 Å². The number of hydrogen-bond donors (Lipinski definition) is 1. The summed E-state index contributed by atoms with van der Waals surface area (Å²) in [6.45, 7) is 0. The second kappa shape index (κ2) is 6.37. The molecule has 21 heavy (non-hydrogen) atoms. The molecule has 0 bridgehead atoms. The summed E-state index contributed by atoms with van der Waals surface area (Å²) >= 11 is 7.45. The second-order valence-electron chi connectivity index (χ2n) is 3.74. The van der Waals surface area contributed by atoms with E-state index in [2.05, 4.69) is 41.9 Å². The number of amides is 1. The summed E-state index contributed by atoms with van der Waals surface area (Å²) in [4.78, 5) is 12.4. The van der Waals surface area contributed by atoms with Gasteiger partial charge in [0, 0.05) is 10.2 Å². The van der Waals surface area contributed by atoms with Crippen LogP contribution in [0.5, 0.6) is 5.75 Å². The number of hydrogen-bond acceptors (Lipinski definition) is 3. The number of thiophene rings is 1. The third-order valence-corrected chi connectivity index (χ3v) is 4.70. The topological polar surface area (TPSA) is 38.3 Å². The van der Waals surface area contributed by atoms with Gasteiger partial charge in [-0.05, 0) is 61.5 Å². The monoisotopic (exact) mass is 443 g/mol. The minimum absolute atomic E-state index is 0.0860. The van der Waals surface area contributed by atoms with Crippen molar-refractivity contribution in [3.8, 4) is 5.75 Å². The van der Waals surface area contributed by atoms with E-state index in [-0.39, 0.29) is 16.1 Å². The highest BCUT2D eigenvalue weighted by molar-refractivity contribution is 9.11. The smallest absolute Gasteiger partial charge is 0.405 e. The minimum Gasteiger partial charge on any atom is -0.405 e. The number of benzene rings is 1. The molecule has 1 amide bonds. The van der Waals surface area contributed by atoms with Gasteiger partial charge in [-0.25, -0.2) is 0 Å². The number of alkyl halides is 3. The molecule has 0 fully saturated rings. The highest BCUT2D eigenvalue weighted by Gasteiger charge is 2.32. The molecule has 3 nitrogen and oxygen atoms in total. The average molecular weight is 445 g/mol. The van der Waals surface area contributed by atoms with Crippen molar-refractivity contribution in [2.45, 2.75) is 6.36 Å². The molecule has 1 aromatic carbocycles. The Morgan fingerprint density at radius 3 is 2.43 bits per heavy atom. The van der Waals surface area contributed by atoms with E-state index in [9.17, 15) is 18.0 Å². The third-order valence-electron chi connectivity index (χ3n) is 2.24. The van der Waals surface area contributed by atoms with E-state index in [0.717, 1.165) is 6.07 Å². The summed E-state index contributed by atoms with van der Waals surface area (Å²) in [6.07, 6.45) is -4.77. The molecule has 0 aliphatic carbocycles. The van der Waals surface area contributed by atoms with Gasteiger partial charge in [-0.1, -0.05) is 0 Å². The normalized spacial score (nSPS) is 11.3. The molecule has 112 valence electrons. The molecule has 0 atom stereocenters. The third kappa shape index (κ3) is 4.45. The predicted molar refractivity (Wildman–Crippen MR) is 80.8 cm³/mol. The molecule has 0 aliphatic rings. The number of anilines is 1. The Bertz CT molecular complexity index is 673. The molecule has 0 saturated heterocycles. The maximum absolute atomic E-state index is 12.1. The van der Waals surface area contributed by atoms with Crippen LogP contribution in [0.1, 0.15) is 9.67 Å². The van der Waals surface area contributed by atoms with Crippen molar-refractivity contribution in [1.29, 1.82) is 0 Å². The molecule has 0 radical (unpaired) electrons. The van der Waals surface area contributed by atoms with E-state index in [4.69, 9.17) is 0 Å². The van der Waals surface area contributed by atoms with Crippen LogP contribution in [-0.2, 0) is 0 Å². The number of carbonyl (C=O) groups is 1. The quantitative estimate of drug-likeness (QED) is 0.685. The van der Waals surface area contributed by atoms with Crippen molar-refractivity contribution in [1.82, 2.24) is 0 Å². The summed E-state index contributed by atoms with van der Waals surface area (Å²) in [5.74, 6) is -0.730. The van der Waals surface area contributed by atoms with Gasteiger partial charge >= 0.3 is 6.36 Å². The number of carbonyl (C=O) groups excluding carboxylic acids is 1. The average Bonchev–Trinajstić information content (AvgIpc) is 2.77. The lowest BCUT2D eigenvalue weighted by Gasteiger charge is -2.12. The van der Waals surface area contributed by atoms with Crippen molar-refractivity contribution in [3.05, 3.63) is 43.5 Å². The summed E-state index contributed by atoms with van der Waals surface area (Å²) in [7, 11) is 0. The van der Waals surface area contributed by atoms with Crippen LogP contribution in [0, 0.1) is 0 Å². The lowest BCUT2D eigenvalue weighted by Crippen LogP contribution is -2.17. The maximum atomic E-state index is 12.1. The van der Waals surface area contributed by atoms with E-state index in [0.29, 0.717) is 15.0 Å². The van der Waals surface area contributed by atoms with Crippen molar-refractivity contribution in [2.75, 3.05) is 5.32 Å². The van der Waals surface area contributed by atoms with Gasteiger partial charge in [0.2, 0.25) is 0 Å². The van der Waals surface area contributed by atoms with Gasteiger partial charge in [-0.3, -0.25) is 4.79 Å².